The number of carbonyl (C=O) groups excluding carboxylic acids is 1. The van der Waals surface area contributed by atoms with E-state index in [0.717, 1.165) is 16.7 Å². The summed E-state index contributed by atoms with van der Waals surface area (Å²) in [5, 5.41) is 2.85. The summed E-state index contributed by atoms with van der Waals surface area (Å²) in [6, 6.07) is 17.7. The second-order valence-electron chi connectivity index (χ2n) is 5.87. The minimum atomic E-state index is -0.486. The Morgan fingerprint density at radius 3 is 2.38 bits per heavy atom. The third-order valence-electron chi connectivity index (χ3n) is 4.00. The number of nitrogens with zero attached hydrogens (tertiary/aromatic N) is 1. The predicted molar refractivity (Wildman–Crippen MR) is 98.1 cm³/mol. The highest BCUT2D eigenvalue weighted by Crippen LogP contribution is 2.21. The molecule has 0 aliphatic carbocycles. The van der Waals surface area contributed by atoms with Crippen LogP contribution < -0.4 is 10.1 Å². The Balaban J connectivity index is 1.56. The molecule has 0 aliphatic rings. The maximum Gasteiger partial charge on any atom is 0.258 e. The third kappa shape index (κ3) is 4.45. The molecule has 1 atom stereocenters. The van der Waals surface area contributed by atoms with E-state index in [0.29, 0.717) is 0 Å². The molecule has 0 spiro atoms. The van der Waals surface area contributed by atoms with Crippen molar-refractivity contribution in [1.29, 1.82) is 0 Å². The van der Waals surface area contributed by atoms with Crippen molar-refractivity contribution < 1.29 is 13.9 Å². The van der Waals surface area contributed by atoms with Crippen LogP contribution in [-0.4, -0.2) is 17.5 Å². The van der Waals surface area contributed by atoms with Crippen LogP contribution in [0.4, 0.5) is 4.39 Å². The van der Waals surface area contributed by atoms with E-state index in [4.69, 9.17) is 4.74 Å². The standard InChI is InChI=1S/C21H19FN2O2/c1-15(24-21(25)14-26-20-5-3-2-4-19(20)22)16-6-8-17(9-7-16)18-10-12-23-13-11-18/h2-13,15H,14H2,1H3,(H,24,25). The number of ether oxygens (including phenoxy) is 1. The van der Waals surface area contributed by atoms with Gasteiger partial charge in [0.05, 0.1) is 6.04 Å². The summed E-state index contributed by atoms with van der Waals surface area (Å²) in [6.45, 7) is 1.66. The lowest BCUT2D eigenvalue weighted by molar-refractivity contribution is -0.123. The lowest BCUT2D eigenvalue weighted by Crippen LogP contribution is -2.31. The molecule has 0 saturated heterocycles. The number of hydrogen-bond acceptors (Lipinski definition) is 3. The molecule has 0 saturated carbocycles. The Hall–Kier alpha value is -3.21. The fourth-order valence-corrected chi connectivity index (χ4v) is 2.58. The van der Waals surface area contributed by atoms with Crippen LogP contribution in [-0.2, 0) is 4.79 Å². The minimum Gasteiger partial charge on any atom is -0.481 e. The summed E-state index contributed by atoms with van der Waals surface area (Å²) in [6.07, 6.45) is 3.50. The Labute approximate surface area is 151 Å². The molecule has 0 radical (unpaired) electrons. The maximum atomic E-state index is 13.5. The van der Waals surface area contributed by atoms with Crippen LogP contribution in [0.5, 0.6) is 5.75 Å². The molecule has 3 aromatic rings. The molecule has 2 aromatic carbocycles. The maximum absolute atomic E-state index is 13.5. The SMILES string of the molecule is CC(NC(=O)COc1ccccc1F)c1ccc(-c2ccncc2)cc1. The molecule has 1 unspecified atom stereocenters. The van der Waals surface area contributed by atoms with Crippen LogP contribution in [0.3, 0.4) is 0 Å². The lowest BCUT2D eigenvalue weighted by Gasteiger charge is -2.15. The van der Waals surface area contributed by atoms with Crippen molar-refractivity contribution in [2.24, 2.45) is 0 Å². The second kappa shape index (κ2) is 8.25. The van der Waals surface area contributed by atoms with Crippen molar-refractivity contribution in [3.8, 4) is 16.9 Å². The molecule has 0 aliphatic heterocycles. The largest absolute Gasteiger partial charge is 0.481 e. The molecule has 1 heterocycles. The smallest absolute Gasteiger partial charge is 0.258 e. The van der Waals surface area contributed by atoms with Gasteiger partial charge in [0.1, 0.15) is 0 Å². The number of para-hydroxylation sites is 1. The zero-order valence-electron chi connectivity index (χ0n) is 14.4. The number of pyridine rings is 1. The second-order valence-corrected chi connectivity index (χ2v) is 5.87. The summed E-state index contributed by atoms with van der Waals surface area (Å²) in [7, 11) is 0. The van der Waals surface area contributed by atoms with Crippen molar-refractivity contribution in [3.05, 3.63) is 84.4 Å². The monoisotopic (exact) mass is 350 g/mol. The van der Waals surface area contributed by atoms with E-state index >= 15 is 0 Å². The summed E-state index contributed by atoms with van der Waals surface area (Å²) in [4.78, 5) is 16.0. The summed E-state index contributed by atoms with van der Waals surface area (Å²) in [5.41, 5.74) is 3.14. The first kappa shape index (κ1) is 17.6. The minimum absolute atomic E-state index is 0.0667. The van der Waals surface area contributed by atoms with Gasteiger partial charge in [0, 0.05) is 12.4 Å². The van der Waals surface area contributed by atoms with Gasteiger partial charge >= 0.3 is 0 Å². The van der Waals surface area contributed by atoms with Gasteiger partial charge in [-0.1, -0.05) is 36.4 Å². The molecule has 3 rings (SSSR count). The van der Waals surface area contributed by atoms with Gasteiger partial charge in [-0.15, -0.1) is 0 Å². The number of amides is 1. The first-order valence-corrected chi connectivity index (χ1v) is 8.30. The van der Waals surface area contributed by atoms with Gasteiger partial charge in [0.25, 0.3) is 5.91 Å². The third-order valence-corrected chi connectivity index (χ3v) is 4.00. The van der Waals surface area contributed by atoms with E-state index in [1.807, 2.05) is 43.3 Å². The zero-order valence-corrected chi connectivity index (χ0v) is 14.4. The van der Waals surface area contributed by atoms with Crippen LogP contribution in [0.15, 0.2) is 73.1 Å². The van der Waals surface area contributed by atoms with Crippen molar-refractivity contribution in [2.75, 3.05) is 6.61 Å². The van der Waals surface area contributed by atoms with Crippen molar-refractivity contribution >= 4 is 5.91 Å². The number of rotatable bonds is 6. The van der Waals surface area contributed by atoms with Gasteiger partial charge in [0.15, 0.2) is 18.2 Å². The number of halogens is 1. The molecule has 1 amide bonds. The summed E-state index contributed by atoms with van der Waals surface area (Å²) < 4.78 is 18.7. The van der Waals surface area contributed by atoms with Crippen LogP contribution in [0.25, 0.3) is 11.1 Å². The van der Waals surface area contributed by atoms with E-state index < -0.39 is 5.82 Å². The zero-order chi connectivity index (χ0) is 18.4. The molecule has 4 nitrogen and oxygen atoms in total. The lowest BCUT2D eigenvalue weighted by atomic mass is 10.0. The number of carbonyl (C=O) groups is 1. The molecule has 0 fully saturated rings. The predicted octanol–water partition coefficient (Wildman–Crippen LogP) is 4.14. The van der Waals surface area contributed by atoms with Crippen LogP contribution >= 0.6 is 0 Å². The highest BCUT2D eigenvalue weighted by molar-refractivity contribution is 5.78. The molecular formula is C21H19FN2O2. The number of hydrogen-bond donors (Lipinski definition) is 1. The van der Waals surface area contributed by atoms with E-state index in [-0.39, 0.29) is 24.3 Å². The normalized spacial score (nSPS) is 11.6. The highest BCUT2D eigenvalue weighted by Gasteiger charge is 2.11. The van der Waals surface area contributed by atoms with Crippen LogP contribution in [0.1, 0.15) is 18.5 Å². The van der Waals surface area contributed by atoms with Gasteiger partial charge in [0.2, 0.25) is 0 Å². The Kier molecular flexibility index (Phi) is 5.59. The fraction of sp³-hybridized carbons (Fsp3) is 0.143. The van der Waals surface area contributed by atoms with Crippen molar-refractivity contribution in [1.82, 2.24) is 10.3 Å². The average molecular weight is 350 g/mol. The van der Waals surface area contributed by atoms with Crippen molar-refractivity contribution in [2.45, 2.75) is 13.0 Å². The number of aromatic nitrogens is 1. The van der Waals surface area contributed by atoms with E-state index in [2.05, 4.69) is 10.3 Å². The molecule has 0 bridgehead atoms. The summed E-state index contributed by atoms with van der Waals surface area (Å²) >= 11 is 0. The first-order valence-electron chi connectivity index (χ1n) is 8.30. The van der Waals surface area contributed by atoms with E-state index in [9.17, 15) is 9.18 Å². The highest BCUT2D eigenvalue weighted by atomic mass is 19.1. The Morgan fingerprint density at radius 1 is 1.04 bits per heavy atom. The summed E-state index contributed by atoms with van der Waals surface area (Å²) in [5.74, 6) is -0.726. The van der Waals surface area contributed by atoms with Gasteiger partial charge in [-0.25, -0.2) is 4.39 Å². The molecule has 5 heteroatoms. The molecule has 1 aromatic heterocycles. The molecule has 1 N–H and O–H groups in total. The van der Waals surface area contributed by atoms with E-state index in [1.54, 1.807) is 24.5 Å². The number of benzene rings is 2. The Morgan fingerprint density at radius 2 is 1.69 bits per heavy atom. The Bertz CT molecular complexity index is 867. The van der Waals surface area contributed by atoms with Gasteiger partial charge < -0.3 is 10.1 Å². The van der Waals surface area contributed by atoms with Gasteiger partial charge in [-0.2, -0.15) is 0 Å². The first-order chi connectivity index (χ1) is 12.6. The molecular weight excluding hydrogens is 331 g/mol. The van der Waals surface area contributed by atoms with Crippen molar-refractivity contribution in [3.63, 3.8) is 0 Å². The van der Waals surface area contributed by atoms with Gasteiger partial charge in [-0.3, -0.25) is 9.78 Å². The fourth-order valence-electron chi connectivity index (χ4n) is 2.58. The van der Waals surface area contributed by atoms with Gasteiger partial charge in [-0.05, 0) is 47.9 Å². The average Bonchev–Trinajstić information content (AvgIpc) is 2.68. The quantitative estimate of drug-likeness (QED) is 0.727. The van der Waals surface area contributed by atoms with Crippen LogP contribution in [0.2, 0.25) is 0 Å². The topological polar surface area (TPSA) is 51.2 Å². The molecule has 132 valence electrons. The number of nitrogens with one attached hydrogen (secondary N) is 1. The van der Waals surface area contributed by atoms with Crippen LogP contribution in [0, 0.1) is 5.82 Å². The van der Waals surface area contributed by atoms with E-state index in [1.165, 1.54) is 12.1 Å². The molecule has 26 heavy (non-hydrogen) atoms.